The minimum atomic E-state index is -4.01. The van der Waals surface area contributed by atoms with E-state index in [4.69, 9.17) is 16.1 Å². The smallest absolute Gasteiger partial charge is 0.264 e. The maximum atomic E-state index is 13.0. The molecular formula is C26H25ClN4O6S2. The number of aromatic nitrogens is 1. The van der Waals surface area contributed by atoms with Crippen molar-refractivity contribution in [2.75, 3.05) is 14.8 Å². The van der Waals surface area contributed by atoms with Gasteiger partial charge in [-0.2, -0.15) is 0 Å². The van der Waals surface area contributed by atoms with Gasteiger partial charge in [-0.15, -0.1) is 0 Å². The van der Waals surface area contributed by atoms with E-state index in [1.54, 1.807) is 32.0 Å². The van der Waals surface area contributed by atoms with Crippen LogP contribution in [0.4, 0.5) is 17.3 Å². The van der Waals surface area contributed by atoms with Crippen molar-refractivity contribution in [1.29, 1.82) is 0 Å². The lowest BCUT2D eigenvalue weighted by Crippen LogP contribution is -2.17. The van der Waals surface area contributed by atoms with Gasteiger partial charge in [-0.05, 0) is 93.4 Å². The van der Waals surface area contributed by atoms with Crippen LogP contribution in [0.3, 0.4) is 0 Å². The number of benzene rings is 3. The van der Waals surface area contributed by atoms with Crippen LogP contribution in [0, 0.1) is 27.7 Å². The predicted octanol–water partition coefficient (Wildman–Crippen LogP) is 5.42. The van der Waals surface area contributed by atoms with Gasteiger partial charge in [0.05, 0.1) is 26.1 Å². The number of rotatable bonds is 8. The Hall–Kier alpha value is -3.87. The highest BCUT2D eigenvalue weighted by molar-refractivity contribution is 7.93. The Morgan fingerprint density at radius 1 is 0.769 bits per heavy atom. The molecule has 1 amide bonds. The summed E-state index contributed by atoms with van der Waals surface area (Å²) in [5.74, 6) is -0.661. The van der Waals surface area contributed by atoms with Crippen molar-refractivity contribution in [1.82, 2.24) is 5.16 Å². The zero-order valence-electron chi connectivity index (χ0n) is 21.4. The summed E-state index contributed by atoms with van der Waals surface area (Å²) in [6.45, 7) is 7.15. The molecule has 0 atom stereocenters. The number of carbonyl (C=O) groups excluding carboxylic acids is 1. The molecule has 0 saturated carbocycles. The van der Waals surface area contributed by atoms with Crippen LogP contribution in [0.25, 0.3) is 0 Å². The van der Waals surface area contributed by atoms with E-state index in [2.05, 4.69) is 19.9 Å². The molecule has 1 aromatic heterocycles. The first-order valence-corrected chi connectivity index (χ1v) is 14.9. The molecule has 3 aromatic carbocycles. The molecule has 0 bridgehead atoms. The van der Waals surface area contributed by atoms with E-state index < -0.39 is 26.0 Å². The quantitative estimate of drug-likeness (QED) is 0.249. The van der Waals surface area contributed by atoms with Crippen LogP contribution in [0.2, 0.25) is 5.02 Å². The zero-order valence-corrected chi connectivity index (χ0v) is 23.8. The van der Waals surface area contributed by atoms with Crippen molar-refractivity contribution >= 4 is 54.8 Å². The number of hydrogen-bond donors (Lipinski definition) is 3. The number of amides is 1. The molecule has 0 fully saturated rings. The zero-order chi connectivity index (χ0) is 28.5. The predicted molar refractivity (Wildman–Crippen MR) is 149 cm³/mol. The van der Waals surface area contributed by atoms with Crippen molar-refractivity contribution in [2.24, 2.45) is 0 Å². The fourth-order valence-electron chi connectivity index (χ4n) is 3.47. The van der Waals surface area contributed by atoms with E-state index in [-0.39, 0.29) is 31.9 Å². The third-order valence-electron chi connectivity index (χ3n) is 6.06. The number of sulfonamides is 2. The molecule has 0 aliphatic heterocycles. The number of aryl methyl sites for hydroxylation is 3. The van der Waals surface area contributed by atoms with Crippen LogP contribution >= 0.6 is 11.6 Å². The second-order valence-electron chi connectivity index (χ2n) is 8.85. The largest absolute Gasteiger partial charge is 0.337 e. The Morgan fingerprint density at radius 2 is 1.38 bits per heavy atom. The molecule has 39 heavy (non-hydrogen) atoms. The van der Waals surface area contributed by atoms with Gasteiger partial charge in [-0.1, -0.05) is 22.8 Å². The van der Waals surface area contributed by atoms with Gasteiger partial charge in [0.1, 0.15) is 0 Å². The number of halogens is 1. The van der Waals surface area contributed by atoms with Gasteiger partial charge in [0.15, 0.2) is 0 Å². The SMILES string of the molecule is Cc1ccc(NS(=O)(=O)c2ccc(Cl)c(C(=O)Nc3ccc(S(=O)(=O)Nc4onc(C)c4C)cc3)c2)cc1C. The minimum absolute atomic E-state index is 0.0151. The summed E-state index contributed by atoms with van der Waals surface area (Å²) in [4.78, 5) is 12.7. The van der Waals surface area contributed by atoms with Gasteiger partial charge in [0.2, 0.25) is 5.88 Å². The van der Waals surface area contributed by atoms with Gasteiger partial charge >= 0.3 is 0 Å². The lowest BCUT2D eigenvalue weighted by atomic mass is 10.1. The lowest BCUT2D eigenvalue weighted by Gasteiger charge is -2.12. The average molecular weight is 589 g/mol. The molecule has 204 valence electrons. The first-order valence-electron chi connectivity index (χ1n) is 11.5. The Kier molecular flexibility index (Phi) is 7.73. The fraction of sp³-hybridized carbons (Fsp3) is 0.154. The minimum Gasteiger partial charge on any atom is -0.337 e. The van der Waals surface area contributed by atoms with Crippen molar-refractivity contribution < 1.29 is 26.2 Å². The molecule has 4 aromatic rings. The topological polar surface area (TPSA) is 147 Å². The van der Waals surface area contributed by atoms with E-state index in [0.717, 1.165) is 11.1 Å². The molecule has 0 aliphatic rings. The summed E-state index contributed by atoms with van der Waals surface area (Å²) in [6, 6.07) is 14.3. The van der Waals surface area contributed by atoms with Crippen LogP contribution in [0.5, 0.6) is 0 Å². The van der Waals surface area contributed by atoms with Crippen LogP contribution in [-0.2, 0) is 20.0 Å². The van der Waals surface area contributed by atoms with Gasteiger partial charge in [-0.3, -0.25) is 9.52 Å². The van der Waals surface area contributed by atoms with Crippen LogP contribution in [0.15, 0.2) is 75.0 Å². The van der Waals surface area contributed by atoms with Gasteiger partial charge in [0.25, 0.3) is 26.0 Å². The molecule has 13 heteroatoms. The summed E-state index contributed by atoms with van der Waals surface area (Å²) < 4.78 is 61.2. The maximum Gasteiger partial charge on any atom is 0.264 e. The van der Waals surface area contributed by atoms with Crippen molar-refractivity contribution in [3.8, 4) is 0 Å². The number of nitrogens with one attached hydrogen (secondary N) is 3. The van der Waals surface area contributed by atoms with Crippen LogP contribution in [0.1, 0.15) is 32.7 Å². The standard InChI is InChI=1S/C26H25ClN4O6S2/c1-15-5-6-20(13-16(15)2)30-39(35,36)22-11-12-24(27)23(14-22)25(32)28-19-7-9-21(10-8-19)38(33,34)31-26-17(3)18(4)29-37-26/h5-14,30-31H,1-4H3,(H,28,32). The molecule has 1 heterocycles. The Labute approximate surface area is 231 Å². The number of nitrogens with zero attached hydrogens (tertiary/aromatic N) is 1. The molecule has 0 saturated heterocycles. The molecule has 0 spiro atoms. The first-order chi connectivity index (χ1) is 18.3. The van der Waals surface area contributed by atoms with E-state index in [1.807, 2.05) is 13.8 Å². The highest BCUT2D eigenvalue weighted by atomic mass is 35.5. The second-order valence-corrected chi connectivity index (χ2v) is 12.6. The second kappa shape index (κ2) is 10.7. The maximum absolute atomic E-state index is 13.0. The van der Waals surface area contributed by atoms with E-state index in [9.17, 15) is 21.6 Å². The summed E-state index contributed by atoms with van der Waals surface area (Å²) in [7, 11) is -7.98. The van der Waals surface area contributed by atoms with Gasteiger partial charge in [-0.25, -0.2) is 21.6 Å². The highest BCUT2D eigenvalue weighted by Gasteiger charge is 2.21. The summed E-state index contributed by atoms with van der Waals surface area (Å²) in [5, 5.41) is 6.36. The van der Waals surface area contributed by atoms with Gasteiger partial charge < -0.3 is 9.84 Å². The summed E-state index contributed by atoms with van der Waals surface area (Å²) in [5.41, 5.74) is 3.64. The Balaban J connectivity index is 1.51. The van der Waals surface area contributed by atoms with Crippen molar-refractivity contribution in [3.05, 3.63) is 93.6 Å². The molecular weight excluding hydrogens is 564 g/mol. The van der Waals surface area contributed by atoms with E-state index >= 15 is 0 Å². The number of anilines is 3. The molecule has 0 aliphatic carbocycles. The molecule has 0 radical (unpaired) electrons. The number of hydrogen-bond acceptors (Lipinski definition) is 7. The molecule has 0 unspecified atom stereocenters. The van der Waals surface area contributed by atoms with E-state index in [0.29, 0.717) is 16.9 Å². The number of carbonyl (C=O) groups is 1. The summed E-state index contributed by atoms with van der Waals surface area (Å²) in [6.07, 6.45) is 0. The molecule has 3 N–H and O–H groups in total. The molecule has 10 nitrogen and oxygen atoms in total. The van der Waals surface area contributed by atoms with Crippen molar-refractivity contribution in [2.45, 2.75) is 37.5 Å². The fourth-order valence-corrected chi connectivity index (χ4v) is 5.80. The Morgan fingerprint density at radius 3 is 2.00 bits per heavy atom. The monoisotopic (exact) mass is 588 g/mol. The third kappa shape index (κ3) is 6.24. The normalized spacial score (nSPS) is 11.7. The van der Waals surface area contributed by atoms with Crippen molar-refractivity contribution in [3.63, 3.8) is 0 Å². The van der Waals surface area contributed by atoms with Crippen LogP contribution in [-0.4, -0.2) is 27.9 Å². The first kappa shape index (κ1) is 28.1. The average Bonchev–Trinajstić information content (AvgIpc) is 3.18. The van der Waals surface area contributed by atoms with E-state index in [1.165, 1.54) is 42.5 Å². The molecule has 4 rings (SSSR count). The summed E-state index contributed by atoms with van der Waals surface area (Å²) >= 11 is 6.20. The lowest BCUT2D eigenvalue weighted by molar-refractivity contribution is 0.102. The Bertz CT molecular complexity index is 1780. The third-order valence-corrected chi connectivity index (χ3v) is 9.11. The van der Waals surface area contributed by atoms with Gasteiger partial charge in [0, 0.05) is 16.9 Å². The highest BCUT2D eigenvalue weighted by Crippen LogP contribution is 2.26. The van der Waals surface area contributed by atoms with Crippen LogP contribution < -0.4 is 14.8 Å².